The van der Waals surface area contributed by atoms with E-state index in [4.69, 9.17) is 16.3 Å². The number of methoxy groups -OCH3 is 1. The van der Waals surface area contributed by atoms with E-state index in [2.05, 4.69) is 30.9 Å². The van der Waals surface area contributed by atoms with Gasteiger partial charge < -0.3 is 4.74 Å². The molecule has 0 N–H and O–H groups in total. The first-order chi connectivity index (χ1) is 9.37. The molecule has 0 amide bonds. The molecule has 1 atom stereocenters. The molecule has 0 aliphatic rings. The number of nitrogens with zero attached hydrogens (tertiary/aromatic N) is 3. The summed E-state index contributed by atoms with van der Waals surface area (Å²) in [7, 11) is 1.65. The van der Waals surface area contributed by atoms with Crippen LogP contribution in [0.3, 0.4) is 0 Å². The lowest BCUT2D eigenvalue weighted by Crippen LogP contribution is -2.39. The Morgan fingerprint density at radius 1 is 1.20 bits per heavy atom. The Balaban J connectivity index is 2.40. The summed E-state index contributed by atoms with van der Waals surface area (Å²) in [6.07, 6.45) is 3.21. The van der Waals surface area contributed by atoms with Crippen LogP contribution in [0.2, 0.25) is 0 Å². The highest BCUT2D eigenvalue weighted by Gasteiger charge is 2.42. The molecule has 1 heterocycles. The lowest BCUT2D eigenvalue weighted by atomic mass is 9.75. The minimum Gasteiger partial charge on any atom is -0.497 e. The van der Waals surface area contributed by atoms with E-state index in [1.54, 1.807) is 18.1 Å². The molecule has 0 bridgehead atoms. The first-order valence-corrected chi connectivity index (χ1v) is 6.90. The van der Waals surface area contributed by atoms with Gasteiger partial charge in [0.05, 0.1) is 18.5 Å². The average molecular weight is 294 g/mol. The Morgan fingerprint density at radius 3 is 2.30 bits per heavy atom. The monoisotopic (exact) mass is 293 g/mol. The molecular formula is C15H20ClN3O. The zero-order valence-corrected chi connectivity index (χ0v) is 13.1. The van der Waals surface area contributed by atoms with Crippen LogP contribution >= 0.6 is 11.6 Å². The number of hydrogen-bond donors (Lipinski definition) is 0. The van der Waals surface area contributed by atoms with Crippen molar-refractivity contribution >= 4 is 11.6 Å². The smallest absolute Gasteiger partial charge is 0.137 e. The summed E-state index contributed by atoms with van der Waals surface area (Å²) in [6.45, 7) is 6.94. The highest BCUT2D eigenvalue weighted by atomic mass is 35.5. The highest BCUT2D eigenvalue weighted by Crippen LogP contribution is 2.46. The summed E-state index contributed by atoms with van der Waals surface area (Å²) in [5.41, 5.74) is 0.901. The molecule has 1 unspecified atom stereocenters. The summed E-state index contributed by atoms with van der Waals surface area (Å²) >= 11 is 7.00. The van der Waals surface area contributed by atoms with Crippen LogP contribution in [-0.2, 0) is 11.4 Å². The van der Waals surface area contributed by atoms with Gasteiger partial charge in [-0.1, -0.05) is 32.9 Å². The Bertz CT molecular complexity index is 545. The molecule has 1 aromatic heterocycles. The molecule has 0 radical (unpaired) electrons. The number of benzene rings is 1. The van der Waals surface area contributed by atoms with Gasteiger partial charge in [-0.2, -0.15) is 5.10 Å². The summed E-state index contributed by atoms with van der Waals surface area (Å²) in [6, 6.07) is 7.88. The maximum Gasteiger partial charge on any atom is 0.137 e. The van der Waals surface area contributed by atoms with Gasteiger partial charge in [-0.25, -0.2) is 4.98 Å². The van der Waals surface area contributed by atoms with Crippen molar-refractivity contribution in [3.8, 4) is 5.75 Å². The van der Waals surface area contributed by atoms with E-state index in [0.29, 0.717) is 6.54 Å². The van der Waals surface area contributed by atoms with Gasteiger partial charge >= 0.3 is 0 Å². The third kappa shape index (κ3) is 2.80. The first kappa shape index (κ1) is 14.9. The lowest BCUT2D eigenvalue weighted by Gasteiger charge is -2.40. The normalized spacial score (nSPS) is 14.8. The van der Waals surface area contributed by atoms with E-state index >= 15 is 0 Å². The van der Waals surface area contributed by atoms with E-state index in [1.165, 1.54) is 6.33 Å². The SMILES string of the molecule is COc1ccc(C(Cl)(Cn2cncn2)C(C)(C)C)cc1. The summed E-state index contributed by atoms with van der Waals surface area (Å²) in [5.74, 6) is 0.822. The molecule has 0 spiro atoms. The van der Waals surface area contributed by atoms with E-state index in [1.807, 2.05) is 24.3 Å². The van der Waals surface area contributed by atoms with E-state index in [0.717, 1.165) is 11.3 Å². The van der Waals surface area contributed by atoms with Crippen molar-refractivity contribution in [1.29, 1.82) is 0 Å². The second-order valence-corrected chi connectivity index (χ2v) is 6.52. The Hall–Kier alpha value is -1.55. The molecule has 20 heavy (non-hydrogen) atoms. The van der Waals surface area contributed by atoms with Crippen LogP contribution in [0.1, 0.15) is 26.3 Å². The van der Waals surface area contributed by atoms with Gasteiger partial charge in [0.15, 0.2) is 0 Å². The molecule has 0 aliphatic carbocycles. The van der Waals surface area contributed by atoms with E-state index in [-0.39, 0.29) is 5.41 Å². The minimum atomic E-state index is -0.576. The maximum absolute atomic E-state index is 7.00. The molecule has 0 aliphatic heterocycles. The van der Waals surface area contributed by atoms with Crippen LogP contribution in [0.15, 0.2) is 36.9 Å². The standard InChI is InChI=1S/C15H20ClN3O/c1-14(2,3)15(16,9-19-11-17-10-18-19)12-5-7-13(20-4)8-6-12/h5-8,10-11H,9H2,1-4H3. The maximum atomic E-state index is 7.00. The van der Waals surface area contributed by atoms with Gasteiger partial charge in [-0.05, 0) is 23.1 Å². The number of hydrogen-bond acceptors (Lipinski definition) is 3. The van der Waals surface area contributed by atoms with Crippen LogP contribution in [0.4, 0.5) is 0 Å². The second kappa shape index (κ2) is 5.44. The van der Waals surface area contributed by atoms with E-state index < -0.39 is 4.87 Å². The fourth-order valence-corrected chi connectivity index (χ4v) is 2.40. The van der Waals surface area contributed by atoms with Gasteiger partial charge in [0.2, 0.25) is 0 Å². The highest BCUT2D eigenvalue weighted by molar-refractivity contribution is 6.24. The van der Waals surface area contributed by atoms with Crippen LogP contribution in [0.5, 0.6) is 5.75 Å². The molecule has 108 valence electrons. The predicted molar refractivity (Wildman–Crippen MR) is 80.0 cm³/mol. The molecule has 0 saturated carbocycles. The van der Waals surface area contributed by atoms with Crippen LogP contribution in [-0.4, -0.2) is 21.9 Å². The van der Waals surface area contributed by atoms with Gasteiger partial charge in [0, 0.05) is 0 Å². The van der Waals surface area contributed by atoms with Gasteiger partial charge in [0.25, 0.3) is 0 Å². The number of aromatic nitrogens is 3. The van der Waals surface area contributed by atoms with Crippen molar-refractivity contribution in [2.75, 3.05) is 7.11 Å². The van der Waals surface area contributed by atoms with Crippen LogP contribution in [0.25, 0.3) is 0 Å². The topological polar surface area (TPSA) is 39.9 Å². The molecule has 0 fully saturated rings. The number of rotatable bonds is 4. The Morgan fingerprint density at radius 2 is 1.85 bits per heavy atom. The van der Waals surface area contributed by atoms with Crippen molar-refractivity contribution in [2.24, 2.45) is 5.41 Å². The van der Waals surface area contributed by atoms with Crippen molar-refractivity contribution in [2.45, 2.75) is 32.2 Å². The zero-order valence-electron chi connectivity index (χ0n) is 12.3. The molecule has 2 rings (SSSR count). The third-order valence-corrected chi connectivity index (χ3v) is 4.49. The third-order valence-electron chi connectivity index (χ3n) is 3.58. The fourth-order valence-electron chi connectivity index (χ4n) is 2.15. The van der Waals surface area contributed by atoms with Gasteiger partial charge in [-0.3, -0.25) is 4.68 Å². The van der Waals surface area contributed by atoms with Crippen molar-refractivity contribution < 1.29 is 4.74 Å². The molecule has 4 nitrogen and oxygen atoms in total. The van der Waals surface area contributed by atoms with Gasteiger partial charge in [-0.15, -0.1) is 11.6 Å². The summed E-state index contributed by atoms with van der Waals surface area (Å²) in [5, 5.41) is 4.17. The average Bonchev–Trinajstić information content (AvgIpc) is 2.90. The van der Waals surface area contributed by atoms with Crippen molar-refractivity contribution in [3.05, 3.63) is 42.5 Å². The Kier molecular flexibility index (Phi) is 4.04. The van der Waals surface area contributed by atoms with Gasteiger partial charge in [0.1, 0.15) is 18.4 Å². The molecule has 2 aromatic rings. The van der Waals surface area contributed by atoms with Crippen LogP contribution in [0, 0.1) is 5.41 Å². The van der Waals surface area contributed by atoms with Crippen LogP contribution < -0.4 is 4.74 Å². The largest absolute Gasteiger partial charge is 0.497 e. The minimum absolute atomic E-state index is 0.144. The van der Waals surface area contributed by atoms with Crippen molar-refractivity contribution in [3.63, 3.8) is 0 Å². The summed E-state index contributed by atoms with van der Waals surface area (Å²) in [4.78, 5) is 3.41. The first-order valence-electron chi connectivity index (χ1n) is 6.53. The molecule has 5 heteroatoms. The van der Waals surface area contributed by atoms with Crippen molar-refractivity contribution in [1.82, 2.24) is 14.8 Å². The quantitative estimate of drug-likeness (QED) is 0.811. The molecule has 0 saturated heterocycles. The lowest BCUT2D eigenvalue weighted by molar-refractivity contribution is 0.238. The molecule has 1 aromatic carbocycles. The number of alkyl halides is 1. The number of ether oxygens (including phenoxy) is 1. The molecular weight excluding hydrogens is 274 g/mol. The second-order valence-electron chi connectivity index (χ2n) is 5.87. The fraction of sp³-hybridized carbons (Fsp3) is 0.467. The predicted octanol–water partition coefficient (Wildman–Crippen LogP) is 3.47. The Labute approximate surface area is 124 Å². The zero-order chi connectivity index (χ0) is 14.8. The number of halogens is 1. The van der Waals surface area contributed by atoms with E-state index in [9.17, 15) is 0 Å². The summed E-state index contributed by atoms with van der Waals surface area (Å²) < 4.78 is 6.97.